The molecule has 5 heteroatoms. The van der Waals surface area contributed by atoms with Gasteiger partial charge in [-0.15, -0.1) is 0 Å². The molecule has 2 aromatic rings. The first-order chi connectivity index (χ1) is 8.27. The summed E-state index contributed by atoms with van der Waals surface area (Å²) < 4.78 is 14.3. The molecule has 0 aliphatic rings. The molecular formula is C12H8O5+2. The van der Waals surface area contributed by atoms with E-state index in [2.05, 4.69) is 4.74 Å². The number of rotatable bonds is 2. The standard InChI is InChI=1S/C12H8O5/c13-11(9-5-1-3-7-15-9)17-12(14)10-6-2-4-8-16-10/h1-8H/q+2. The SMILES string of the molecule is O=C(OC(=O)c1cccc[o+]1)c1cccc[o+]1. The number of carbonyl (C=O) groups is 2. The molecule has 2 rings (SSSR count). The lowest BCUT2D eigenvalue weighted by Crippen LogP contribution is -2.12. The molecule has 0 saturated heterocycles. The average molecular weight is 232 g/mol. The number of hydrogen-bond acceptors (Lipinski definition) is 3. The van der Waals surface area contributed by atoms with Crippen LogP contribution in [0, 0.1) is 0 Å². The van der Waals surface area contributed by atoms with Crippen LogP contribution >= 0.6 is 0 Å². The van der Waals surface area contributed by atoms with Gasteiger partial charge in [0, 0.05) is 12.1 Å². The van der Waals surface area contributed by atoms with Gasteiger partial charge in [0.15, 0.2) is 0 Å². The maximum atomic E-state index is 11.4. The maximum Gasteiger partial charge on any atom is 0.445 e. The summed E-state index contributed by atoms with van der Waals surface area (Å²) in [4.78, 5) is 22.9. The molecule has 2 heterocycles. The van der Waals surface area contributed by atoms with Crippen LogP contribution < -0.4 is 0 Å². The van der Waals surface area contributed by atoms with Gasteiger partial charge in [0.05, 0.1) is 12.1 Å². The Balaban J connectivity index is 2.08. The highest BCUT2D eigenvalue weighted by atomic mass is 16.6. The van der Waals surface area contributed by atoms with Crippen LogP contribution in [0.3, 0.4) is 0 Å². The Morgan fingerprint density at radius 2 is 1.29 bits per heavy atom. The molecule has 2 aromatic heterocycles. The minimum Gasteiger partial charge on any atom is -0.373 e. The highest BCUT2D eigenvalue weighted by molar-refractivity contribution is 5.99. The highest BCUT2D eigenvalue weighted by Gasteiger charge is 2.28. The molecule has 0 saturated carbocycles. The van der Waals surface area contributed by atoms with E-state index in [4.69, 9.17) is 8.83 Å². The van der Waals surface area contributed by atoms with Gasteiger partial charge < -0.3 is 4.74 Å². The normalized spacial score (nSPS) is 9.65. The largest absolute Gasteiger partial charge is 0.445 e. The van der Waals surface area contributed by atoms with E-state index in [1.165, 1.54) is 24.7 Å². The van der Waals surface area contributed by atoms with E-state index in [0.29, 0.717) is 0 Å². The smallest absolute Gasteiger partial charge is 0.373 e. The van der Waals surface area contributed by atoms with Gasteiger partial charge in [-0.3, -0.25) is 0 Å². The van der Waals surface area contributed by atoms with E-state index in [-0.39, 0.29) is 11.5 Å². The molecule has 84 valence electrons. The predicted molar refractivity (Wildman–Crippen MR) is 56.0 cm³/mol. The minimum atomic E-state index is -0.866. The fourth-order valence-corrected chi connectivity index (χ4v) is 1.10. The fraction of sp³-hybridized carbons (Fsp3) is 0. The summed E-state index contributed by atoms with van der Waals surface area (Å²) in [7, 11) is 0. The Kier molecular flexibility index (Phi) is 3.20. The molecule has 5 nitrogen and oxygen atoms in total. The Bertz CT molecular complexity index is 472. The third-order valence-electron chi connectivity index (χ3n) is 1.85. The summed E-state index contributed by atoms with van der Waals surface area (Å²) >= 11 is 0. The average Bonchev–Trinajstić information content (AvgIpc) is 2.40. The van der Waals surface area contributed by atoms with Crippen molar-refractivity contribution in [3.05, 3.63) is 60.4 Å². The van der Waals surface area contributed by atoms with Crippen molar-refractivity contribution in [3.63, 3.8) is 0 Å². The van der Waals surface area contributed by atoms with Crippen molar-refractivity contribution < 1.29 is 23.2 Å². The molecule has 0 radical (unpaired) electrons. The Morgan fingerprint density at radius 3 is 1.65 bits per heavy atom. The molecule has 0 aliphatic heterocycles. The zero-order valence-corrected chi connectivity index (χ0v) is 8.66. The summed E-state index contributed by atoms with van der Waals surface area (Å²) in [6.45, 7) is 0. The first-order valence-electron chi connectivity index (χ1n) is 4.77. The van der Waals surface area contributed by atoms with Gasteiger partial charge in [-0.2, -0.15) is 0 Å². The third-order valence-corrected chi connectivity index (χ3v) is 1.85. The van der Waals surface area contributed by atoms with Crippen LogP contribution in [0.1, 0.15) is 21.1 Å². The molecule has 0 unspecified atom stereocenters. The molecule has 0 atom stereocenters. The lowest BCUT2D eigenvalue weighted by Gasteiger charge is -1.91. The van der Waals surface area contributed by atoms with E-state index >= 15 is 0 Å². The molecule has 0 amide bonds. The maximum absolute atomic E-state index is 11.4. The fourth-order valence-electron chi connectivity index (χ4n) is 1.10. The molecule has 0 fully saturated rings. The number of esters is 2. The van der Waals surface area contributed by atoms with Gasteiger partial charge in [-0.1, -0.05) is 0 Å². The molecule has 0 aromatic carbocycles. The number of ether oxygens (including phenoxy) is 1. The van der Waals surface area contributed by atoms with Crippen LogP contribution in [-0.4, -0.2) is 11.9 Å². The second-order valence-corrected chi connectivity index (χ2v) is 3.02. The highest BCUT2D eigenvalue weighted by Crippen LogP contribution is 2.05. The van der Waals surface area contributed by atoms with Gasteiger partial charge in [0.2, 0.25) is 0 Å². The van der Waals surface area contributed by atoms with E-state index in [1.807, 2.05) is 0 Å². The van der Waals surface area contributed by atoms with Gasteiger partial charge in [0.1, 0.15) is 0 Å². The Labute approximate surface area is 96.3 Å². The quantitative estimate of drug-likeness (QED) is 0.452. The number of hydrogen-bond donors (Lipinski definition) is 0. The summed E-state index contributed by atoms with van der Waals surface area (Å²) in [5.74, 6) is -1.85. The van der Waals surface area contributed by atoms with Crippen LogP contribution in [0.25, 0.3) is 0 Å². The zero-order valence-electron chi connectivity index (χ0n) is 8.66. The summed E-state index contributed by atoms with van der Waals surface area (Å²) in [5.41, 5.74) is 0. The van der Waals surface area contributed by atoms with Gasteiger partial charge in [-0.05, 0) is 12.1 Å². The molecule has 0 aliphatic carbocycles. The molecule has 0 bridgehead atoms. The topological polar surface area (TPSA) is 66.0 Å². The van der Waals surface area contributed by atoms with Crippen LogP contribution in [-0.2, 0) is 4.74 Å². The monoisotopic (exact) mass is 232 g/mol. The van der Waals surface area contributed by atoms with Crippen molar-refractivity contribution in [1.82, 2.24) is 0 Å². The van der Waals surface area contributed by atoms with E-state index in [9.17, 15) is 9.59 Å². The lowest BCUT2D eigenvalue weighted by atomic mass is 10.4. The molecule has 0 spiro atoms. The van der Waals surface area contributed by atoms with E-state index in [0.717, 1.165) is 0 Å². The van der Waals surface area contributed by atoms with Crippen LogP contribution in [0.5, 0.6) is 0 Å². The van der Waals surface area contributed by atoms with Crippen molar-refractivity contribution in [2.45, 2.75) is 0 Å². The summed E-state index contributed by atoms with van der Waals surface area (Å²) in [6.07, 6.45) is 2.63. The van der Waals surface area contributed by atoms with Gasteiger partial charge in [-0.25, -0.2) is 18.4 Å². The van der Waals surface area contributed by atoms with Crippen molar-refractivity contribution in [2.75, 3.05) is 0 Å². The second-order valence-electron chi connectivity index (χ2n) is 3.02. The second kappa shape index (κ2) is 4.98. The Morgan fingerprint density at radius 1 is 0.824 bits per heavy atom. The van der Waals surface area contributed by atoms with E-state index in [1.54, 1.807) is 24.3 Å². The minimum absolute atomic E-state index is 0.0585. The van der Waals surface area contributed by atoms with Crippen molar-refractivity contribution in [3.8, 4) is 0 Å². The van der Waals surface area contributed by atoms with Crippen molar-refractivity contribution in [1.29, 1.82) is 0 Å². The van der Waals surface area contributed by atoms with Crippen molar-refractivity contribution >= 4 is 11.9 Å². The molecular weight excluding hydrogens is 224 g/mol. The first-order valence-corrected chi connectivity index (χ1v) is 4.77. The predicted octanol–water partition coefficient (Wildman–Crippen LogP) is 2.43. The summed E-state index contributed by atoms with van der Waals surface area (Å²) in [6, 6.07) is 9.20. The van der Waals surface area contributed by atoms with Crippen LogP contribution in [0.2, 0.25) is 0 Å². The number of carbonyl (C=O) groups excluding carboxylic acids is 2. The van der Waals surface area contributed by atoms with Gasteiger partial charge in [0.25, 0.3) is 0 Å². The molecule has 0 N–H and O–H groups in total. The molecule has 17 heavy (non-hydrogen) atoms. The zero-order chi connectivity index (χ0) is 12.1. The first kappa shape index (κ1) is 10.9. The van der Waals surface area contributed by atoms with E-state index < -0.39 is 11.9 Å². The van der Waals surface area contributed by atoms with Crippen LogP contribution in [0.4, 0.5) is 0 Å². The lowest BCUT2D eigenvalue weighted by molar-refractivity contribution is 0.0351. The summed E-state index contributed by atoms with van der Waals surface area (Å²) in [5, 5.41) is 0. The Hall–Kier alpha value is -2.56. The third kappa shape index (κ3) is 2.72. The van der Waals surface area contributed by atoms with Crippen molar-refractivity contribution in [2.24, 2.45) is 0 Å². The van der Waals surface area contributed by atoms with Gasteiger partial charge >= 0.3 is 36.0 Å². The van der Waals surface area contributed by atoms with Crippen LogP contribution in [0.15, 0.2) is 57.8 Å².